The van der Waals surface area contributed by atoms with Gasteiger partial charge in [0.25, 0.3) is 0 Å². The molecular formula is C18H28FN3O2. The van der Waals surface area contributed by atoms with Gasteiger partial charge in [0.05, 0.1) is 6.54 Å². The van der Waals surface area contributed by atoms with Gasteiger partial charge in [-0.1, -0.05) is 12.1 Å². The lowest BCUT2D eigenvalue weighted by atomic mass is 9.74. The van der Waals surface area contributed by atoms with E-state index < -0.39 is 0 Å². The van der Waals surface area contributed by atoms with Crippen LogP contribution in [0.5, 0.6) is 0 Å². The molecule has 0 unspecified atom stereocenters. The fourth-order valence-corrected chi connectivity index (χ4v) is 2.95. The Kier molecular flexibility index (Phi) is 7.46. The number of nitrogens with one attached hydrogen (secondary N) is 1. The number of nitrogens with zero attached hydrogens (tertiary/aromatic N) is 1. The average Bonchev–Trinajstić information content (AvgIpc) is 2.61. The lowest BCUT2D eigenvalue weighted by molar-refractivity contribution is 0.0530. The maximum atomic E-state index is 13.6. The van der Waals surface area contributed by atoms with E-state index in [1.54, 1.807) is 12.1 Å². The quantitative estimate of drug-likeness (QED) is 0.433. The van der Waals surface area contributed by atoms with E-state index in [-0.39, 0.29) is 11.2 Å². The highest BCUT2D eigenvalue weighted by atomic mass is 19.1. The monoisotopic (exact) mass is 337 g/mol. The number of guanidine groups is 1. The Balaban J connectivity index is 1.97. The van der Waals surface area contributed by atoms with Gasteiger partial charge in [-0.15, -0.1) is 0 Å². The van der Waals surface area contributed by atoms with Gasteiger partial charge in [0.1, 0.15) is 5.82 Å². The molecule has 0 aliphatic carbocycles. The average molecular weight is 337 g/mol. The standard InChI is InChI=1S/C18H28FN3O2/c1-2-23-10-4-9-21-17(20)22-14-18(7-11-24-12-8-18)15-5-3-6-16(19)13-15/h3,5-6,13H,2,4,7-12,14H2,1H3,(H3,20,21,22). The van der Waals surface area contributed by atoms with E-state index in [2.05, 4.69) is 10.3 Å². The summed E-state index contributed by atoms with van der Waals surface area (Å²) >= 11 is 0. The van der Waals surface area contributed by atoms with E-state index >= 15 is 0 Å². The molecule has 0 bridgehead atoms. The number of benzene rings is 1. The third-order valence-corrected chi connectivity index (χ3v) is 4.41. The minimum atomic E-state index is -0.218. The van der Waals surface area contributed by atoms with Crippen molar-refractivity contribution in [2.75, 3.05) is 39.5 Å². The van der Waals surface area contributed by atoms with Crippen molar-refractivity contribution < 1.29 is 13.9 Å². The number of nitrogens with two attached hydrogens (primary N) is 1. The van der Waals surface area contributed by atoms with Gasteiger partial charge in [-0.2, -0.15) is 0 Å². The van der Waals surface area contributed by atoms with Gasteiger partial charge in [0.2, 0.25) is 0 Å². The van der Waals surface area contributed by atoms with Gasteiger partial charge in [0, 0.05) is 38.4 Å². The maximum Gasteiger partial charge on any atom is 0.188 e. The normalized spacial score (nSPS) is 17.7. The molecule has 1 saturated heterocycles. The van der Waals surface area contributed by atoms with Crippen LogP contribution in [0.2, 0.25) is 0 Å². The molecule has 0 spiro atoms. The molecule has 3 N–H and O–H groups in total. The van der Waals surface area contributed by atoms with Gasteiger partial charge in [0.15, 0.2) is 5.96 Å². The van der Waals surface area contributed by atoms with Crippen molar-refractivity contribution in [2.45, 2.75) is 31.6 Å². The topological polar surface area (TPSA) is 68.9 Å². The minimum absolute atomic E-state index is 0.210. The zero-order chi connectivity index (χ0) is 17.3. The maximum absolute atomic E-state index is 13.6. The summed E-state index contributed by atoms with van der Waals surface area (Å²) in [6, 6.07) is 6.79. The molecule has 6 heteroatoms. The van der Waals surface area contributed by atoms with Crippen molar-refractivity contribution in [2.24, 2.45) is 10.7 Å². The van der Waals surface area contributed by atoms with Gasteiger partial charge in [-0.25, -0.2) is 4.39 Å². The second kappa shape index (κ2) is 9.59. The first-order chi connectivity index (χ1) is 11.7. The highest BCUT2D eigenvalue weighted by molar-refractivity contribution is 5.77. The Hall–Kier alpha value is -1.66. The SMILES string of the molecule is CCOCCCNC(N)=NCC1(c2cccc(F)c2)CCOCC1. The lowest BCUT2D eigenvalue weighted by Crippen LogP contribution is -2.39. The molecule has 0 amide bonds. The first-order valence-electron chi connectivity index (χ1n) is 8.61. The number of ether oxygens (including phenoxy) is 2. The van der Waals surface area contributed by atoms with E-state index in [0.717, 1.165) is 38.0 Å². The highest BCUT2D eigenvalue weighted by Gasteiger charge is 2.34. The zero-order valence-electron chi connectivity index (χ0n) is 14.4. The Morgan fingerprint density at radius 3 is 2.92 bits per heavy atom. The van der Waals surface area contributed by atoms with Gasteiger partial charge >= 0.3 is 0 Å². The van der Waals surface area contributed by atoms with Gasteiger partial charge in [-0.05, 0) is 43.9 Å². The fourth-order valence-electron chi connectivity index (χ4n) is 2.95. The van der Waals surface area contributed by atoms with Gasteiger partial charge in [-0.3, -0.25) is 4.99 Å². The van der Waals surface area contributed by atoms with Crippen molar-refractivity contribution in [3.8, 4) is 0 Å². The molecule has 24 heavy (non-hydrogen) atoms. The molecule has 0 radical (unpaired) electrons. The number of hydrogen-bond acceptors (Lipinski definition) is 3. The molecule has 1 aromatic carbocycles. The van der Waals surface area contributed by atoms with Crippen molar-refractivity contribution in [3.05, 3.63) is 35.6 Å². The van der Waals surface area contributed by atoms with Crippen LogP contribution < -0.4 is 11.1 Å². The number of hydrogen-bond donors (Lipinski definition) is 2. The molecule has 0 atom stereocenters. The molecule has 0 saturated carbocycles. The number of halogens is 1. The summed E-state index contributed by atoms with van der Waals surface area (Å²) in [5, 5.41) is 3.10. The van der Waals surface area contributed by atoms with Gasteiger partial charge < -0.3 is 20.5 Å². The molecule has 134 valence electrons. The molecule has 0 aromatic heterocycles. The Morgan fingerprint density at radius 2 is 2.21 bits per heavy atom. The van der Waals surface area contributed by atoms with E-state index in [1.807, 2.05) is 13.0 Å². The van der Waals surface area contributed by atoms with E-state index in [0.29, 0.717) is 32.3 Å². The first-order valence-corrected chi connectivity index (χ1v) is 8.61. The van der Waals surface area contributed by atoms with Crippen molar-refractivity contribution in [1.29, 1.82) is 0 Å². The molecule has 2 rings (SSSR count). The molecule has 1 heterocycles. The molecule has 5 nitrogen and oxygen atoms in total. The summed E-state index contributed by atoms with van der Waals surface area (Å²) in [4.78, 5) is 4.51. The van der Waals surface area contributed by atoms with Crippen LogP contribution in [0.4, 0.5) is 4.39 Å². The largest absolute Gasteiger partial charge is 0.382 e. The van der Waals surface area contributed by atoms with Crippen molar-refractivity contribution in [1.82, 2.24) is 5.32 Å². The Labute approximate surface area is 143 Å². The minimum Gasteiger partial charge on any atom is -0.382 e. The first kappa shape index (κ1) is 18.7. The summed E-state index contributed by atoms with van der Waals surface area (Å²) in [5.41, 5.74) is 6.73. The van der Waals surface area contributed by atoms with Crippen molar-refractivity contribution >= 4 is 5.96 Å². The zero-order valence-corrected chi connectivity index (χ0v) is 14.4. The van der Waals surface area contributed by atoms with Crippen LogP contribution in [0.15, 0.2) is 29.3 Å². The second-order valence-corrected chi connectivity index (χ2v) is 6.08. The summed E-state index contributed by atoms with van der Waals surface area (Å²) in [6.45, 7) is 5.99. The predicted octanol–water partition coefficient (Wildman–Crippen LogP) is 2.20. The van der Waals surface area contributed by atoms with E-state index in [1.165, 1.54) is 6.07 Å². The molecule has 1 aliphatic rings. The summed E-state index contributed by atoms with van der Waals surface area (Å²) in [6.07, 6.45) is 2.52. The lowest BCUT2D eigenvalue weighted by Gasteiger charge is -2.36. The van der Waals surface area contributed by atoms with Crippen LogP contribution in [0.1, 0.15) is 31.7 Å². The Morgan fingerprint density at radius 1 is 1.42 bits per heavy atom. The Bertz CT molecular complexity index is 531. The van der Waals surface area contributed by atoms with Crippen LogP contribution in [0.25, 0.3) is 0 Å². The third kappa shape index (κ3) is 5.46. The van der Waals surface area contributed by atoms with E-state index in [4.69, 9.17) is 15.2 Å². The second-order valence-electron chi connectivity index (χ2n) is 6.08. The predicted molar refractivity (Wildman–Crippen MR) is 93.7 cm³/mol. The molecular weight excluding hydrogens is 309 g/mol. The summed E-state index contributed by atoms with van der Waals surface area (Å²) in [5.74, 6) is 0.207. The molecule has 1 aromatic rings. The van der Waals surface area contributed by atoms with Crippen LogP contribution >= 0.6 is 0 Å². The smallest absolute Gasteiger partial charge is 0.188 e. The molecule has 1 aliphatic heterocycles. The van der Waals surface area contributed by atoms with E-state index in [9.17, 15) is 4.39 Å². The third-order valence-electron chi connectivity index (χ3n) is 4.41. The van der Waals surface area contributed by atoms with Crippen molar-refractivity contribution in [3.63, 3.8) is 0 Å². The summed E-state index contributed by atoms with van der Waals surface area (Å²) < 4.78 is 24.4. The molecule has 1 fully saturated rings. The number of aliphatic imine (C=N–C) groups is 1. The highest BCUT2D eigenvalue weighted by Crippen LogP contribution is 2.35. The van der Waals surface area contributed by atoms with Crippen LogP contribution in [0, 0.1) is 5.82 Å². The van der Waals surface area contributed by atoms with Crippen LogP contribution in [-0.4, -0.2) is 45.5 Å². The number of rotatable bonds is 8. The van der Waals surface area contributed by atoms with Crippen LogP contribution in [-0.2, 0) is 14.9 Å². The fraction of sp³-hybridized carbons (Fsp3) is 0.611. The van der Waals surface area contributed by atoms with Crippen LogP contribution in [0.3, 0.4) is 0 Å². The summed E-state index contributed by atoms with van der Waals surface area (Å²) in [7, 11) is 0.